The van der Waals surface area contributed by atoms with Gasteiger partial charge in [-0.25, -0.2) is 0 Å². The molecule has 0 saturated carbocycles. The van der Waals surface area contributed by atoms with Crippen LogP contribution in [0.15, 0.2) is 51.3 Å². The summed E-state index contributed by atoms with van der Waals surface area (Å²) in [6, 6.07) is 9.13. The standard InChI is InChI=1S/C9H7.C6H7.C2H6P2.2ClH.Zr/c1-2-5-9-7-3-6-8(9)4-1;1-6-4-2-3-5-6;1-3-4-2;;;/h1-7H;4-5H,2H2,1H3;1-2H3;2*1H;/q;;-2;;;+2. The number of fused-ring (bicyclic) bond motifs is 1. The average molecular weight is 450 g/mol. The molecule has 1 fully saturated rings. The Labute approximate surface area is 151 Å². The van der Waals surface area contributed by atoms with Crippen molar-refractivity contribution in [1.29, 1.82) is 0 Å². The van der Waals surface area contributed by atoms with Crippen LogP contribution in [-0.2, 0) is 19.1 Å². The third-order valence-corrected chi connectivity index (χ3v) is 65.4. The van der Waals surface area contributed by atoms with Crippen LogP contribution in [0.5, 0.6) is 0 Å². The van der Waals surface area contributed by atoms with E-state index in [0.717, 1.165) is 3.63 Å². The van der Waals surface area contributed by atoms with Crippen molar-refractivity contribution in [1.82, 2.24) is 0 Å². The van der Waals surface area contributed by atoms with E-state index in [2.05, 4.69) is 68.8 Å². The van der Waals surface area contributed by atoms with Gasteiger partial charge in [0.15, 0.2) is 0 Å². The van der Waals surface area contributed by atoms with Gasteiger partial charge in [-0.05, 0) is 0 Å². The monoisotopic (exact) mass is 448 g/mol. The quantitative estimate of drug-likeness (QED) is 0.427. The molecule has 0 spiro atoms. The zero-order chi connectivity index (χ0) is 13.9. The molecular weight excluding hydrogens is 428 g/mol. The molecule has 0 bridgehead atoms. The zero-order valence-corrected chi connectivity index (χ0v) is 19.0. The molecule has 4 rings (SSSR count). The van der Waals surface area contributed by atoms with Crippen LogP contribution >= 0.6 is 34.6 Å². The van der Waals surface area contributed by atoms with Crippen molar-refractivity contribution in [3.63, 3.8) is 0 Å². The molecular formula is C17H22Cl2P2Zr. The van der Waals surface area contributed by atoms with Crippen LogP contribution in [0.4, 0.5) is 0 Å². The van der Waals surface area contributed by atoms with Gasteiger partial charge in [0.25, 0.3) is 0 Å². The fraction of sp³-hybridized carbons (Fsp3) is 0.294. The predicted molar refractivity (Wildman–Crippen MR) is 105 cm³/mol. The molecule has 1 aromatic rings. The molecule has 1 heterocycles. The molecule has 2 aliphatic carbocycles. The molecule has 0 amide bonds. The van der Waals surface area contributed by atoms with Crippen molar-refractivity contribution < 1.29 is 19.1 Å². The Kier molecular flexibility index (Phi) is 6.02. The van der Waals surface area contributed by atoms with Crippen LogP contribution in [0.25, 0.3) is 6.08 Å². The van der Waals surface area contributed by atoms with Gasteiger partial charge in [0.1, 0.15) is 0 Å². The SMILES string of the molecule is CC1=CC[C]([Zr]2([CH]3C=Cc4ccccc43)[P](C)[P]2C)=C1.Cl.Cl. The molecule has 5 heteroatoms. The maximum absolute atomic E-state index is 2.63. The Morgan fingerprint density at radius 3 is 2.36 bits per heavy atom. The Morgan fingerprint density at radius 1 is 1.09 bits per heavy atom. The van der Waals surface area contributed by atoms with E-state index in [1.165, 1.54) is 17.6 Å². The van der Waals surface area contributed by atoms with Crippen molar-refractivity contribution >= 4 is 40.7 Å². The second-order valence-electron chi connectivity index (χ2n) is 6.06. The summed E-state index contributed by atoms with van der Waals surface area (Å²) in [5, 5.41) is 0. The van der Waals surface area contributed by atoms with Gasteiger partial charge in [-0.3, -0.25) is 0 Å². The first kappa shape index (κ1) is 19.1. The van der Waals surface area contributed by atoms with E-state index in [-0.39, 0.29) is 24.8 Å². The molecule has 22 heavy (non-hydrogen) atoms. The first-order valence-electron chi connectivity index (χ1n) is 7.28. The summed E-state index contributed by atoms with van der Waals surface area (Å²) in [5.41, 5.74) is 4.68. The number of hydrogen-bond acceptors (Lipinski definition) is 0. The van der Waals surface area contributed by atoms with Gasteiger partial charge in [-0.15, -0.1) is 24.8 Å². The van der Waals surface area contributed by atoms with E-state index in [4.69, 9.17) is 0 Å². The number of hydrogen-bond donors (Lipinski definition) is 0. The molecule has 3 unspecified atom stereocenters. The second kappa shape index (κ2) is 6.94. The van der Waals surface area contributed by atoms with Crippen LogP contribution in [-0.4, -0.2) is 13.3 Å². The molecule has 3 aliphatic rings. The van der Waals surface area contributed by atoms with Gasteiger partial charge in [0.2, 0.25) is 0 Å². The van der Waals surface area contributed by atoms with E-state index < -0.39 is 19.1 Å². The number of allylic oxidation sites excluding steroid dienone is 5. The Morgan fingerprint density at radius 2 is 1.77 bits per heavy atom. The molecule has 0 N–H and O–H groups in total. The first-order valence-corrected chi connectivity index (χ1v) is 20.8. The average Bonchev–Trinajstić information content (AvgIpc) is 2.86. The largest absolute Gasteiger partial charge is 0.147 e. The topological polar surface area (TPSA) is 0 Å². The molecule has 1 aromatic carbocycles. The smallest absolute Gasteiger partial charge is 0.147 e. The van der Waals surface area contributed by atoms with Crippen LogP contribution in [0.3, 0.4) is 0 Å². The van der Waals surface area contributed by atoms with Crippen molar-refractivity contribution in [2.24, 2.45) is 0 Å². The maximum Gasteiger partial charge on any atom is -0.147 e. The van der Waals surface area contributed by atoms with Gasteiger partial charge in [0.05, 0.1) is 0 Å². The maximum atomic E-state index is 2.63. The molecule has 118 valence electrons. The Balaban J connectivity index is 0.000000882. The number of rotatable bonds is 2. The summed E-state index contributed by atoms with van der Waals surface area (Å²) < 4.78 is 2.78. The minimum absolute atomic E-state index is 0. The zero-order valence-electron chi connectivity index (χ0n) is 13.1. The molecule has 0 aromatic heterocycles. The summed E-state index contributed by atoms with van der Waals surface area (Å²) in [6.45, 7) is 7.53. The predicted octanol–water partition coefficient (Wildman–Crippen LogP) is 6.97. The van der Waals surface area contributed by atoms with Gasteiger partial charge in [0, 0.05) is 0 Å². The summed E-state index contributed by atoms with van der Waals surface area (Å²) >= 11 is -2.12. The van der Waals surface area contributed by atoms with E-state index >= 15 is 0 Å². The van der Waals surface area contributed by atoms with Crippen LogP contribution in [0, 0.1) is 0 Å². The molecule has 0 radical (unpaired) electrons. The van der Waals surface area contributed by atoms with Gasteiger partial charge < -0.3 is 0 Å². The van der Waals surface area contributed by atoms with E-state index in [1.807, 2.05) is 3.28 Å². The van der Waals surface area contributed by atoms with Crippen LogP contribution in [0.1, 0.15) is 28.1 Å². The summed E-state index contributed by atoms with van der Waals surface area (Å²) in [4.78, 5) is 0.754. The number of benzene rings is 1. The Bertz CT molecular complexity index is 673. The van der Waals surface area contributed by atoms with Crippen molar-refractivity contribution in [3.05, 3.63) is 62.5 Å². The van der Waals surface area contributed by atoms with Gasteiger partial charge >= 0.3 is 128 Å². The normalized spacial score (nSPS) is 34.2. The van der Waals surface area contributed by atoms with Crippen molar-refractivity contribution in [2.45, 2.75) is 17.0 Å². The molecule has 3 atom stereocenters. The molecule has 1 aliphatic heterocycles. The molecule has 1 saturated heterocycles. The second-order valence-corrected chi connectivity index (χ2v) is 44.3. The van der Waals surface area contributed by atoms with E-state index in [9.17, 15) is 0 Å². The third kappa shape index (κ3) is 2.61. The summed E-state index contributed by atoms with van der Waals surface area (Å²) in [7, 11) is 0. The number of halogens is 2. The van der Waals surface area contributed by atoms with Crippen molar-refractivity contribution in [2.75, 3.05) is 13.3 Å². The fourth-order valence-electron chi connectivity index (χ4n) is 4.00. The third-order valence-electron chi connectivity index (χ3n) is 5.15. The Hall–Kier alpha value is 0.763. The van der Waals surface area contributed by atoms with Gasteiger partial charge in [-0.2, -0.15) is 0 Å². The van der Waals surface area contributed by atoms with E-state index in [0.29, 0.717) is 9.81 Å². The van der Waals surface area contributed by atoms with Crippen molar-refractivity contribution in [3.8, 4) is 0 Å². The van der Waals surface area contributed by atoms with Crippen LogP contribution in [0.2, 0.25) is 0 Å². The fourth-order valence-corrected chi connectivity index (χ4v) is 84.4. The van der Waals surface area contributed by atoms with E-state index in [1.54, 1.807) is 5.56 Å². The molecule has 0 nitrogen and oxygen atoms in total. The summed E-state index contributed by atoms with van der Waals surface area (Å²) in [6.07, 6.45) is 11.3. The minimum Gasteiger partial charge on any atom is -0.147 e. The van der Waals surface area contributed by atoms with Gasteiger partial charge in [-0.1, -0.05) is 0 Å². The summed E-state index contributed by atoms with van der Waals surface area (Å²) in [5.74, 6) is 0. The first-order chi connectivity index (χ1) is 9.65. The van der Waals surface area contributed by atoms with Crippen LogP contribution < -0.4 is 0 Å². The minimum atomic E-state index is -2.12.